The molecule has 9 heteroatoms. The largest absolute Gasteiger partial charge is 0.497 e. The van der Waals surface area contributed by atoms with Gasteiger partial charge in [-0.15, -0.1) is 11.8 Å². The van der Waals surface area contributed by atoms with Crippen LogP contribution in [-0.2, 0) is 9.59 Å². The van der Waals surface area contributed by atoms with E-state index in [0.717, 1.165) is 26.1 Å². The Morgan fingerprint density at radius 1 is 0.792 bits per heavy atom. The summed E-state index contributed by atoms with van der Waals surface area (Å²) in [5, 5.41) is 5.33. The Kier molecular flexibility index (Phi) is 10.3. The van der Waals surface area contributed by atoms with Crippen LogP contribution in [0.5, 0.6) is 5.75 Å². The maximum atomic E-state index is 14.1. The van der Waals surface area contributed by atoms with Crippen molar-refractivity contribution in [3.05, 3.63) is 144 Å². The number of carbonyl (C=O) groups excluding carboxylic acids is 3. The number of anilines is 3. The number of nitrogens with one attached hydrogen (secondary N) is 2. The molecule has 0 saturated heterocycles. The normalized spacial score (nSPS) is 12.7. The molecule has 5 aromatic rings. The molecule has 0 radical (unpaired) electrons. The van der Waals surface area contributed by atoms with Gasteiger partial charge in [0, 0.05) is 25.9 Å². The van der Waals surface area contributed by atoms with Crippen molar-refractivity contribution >= 4 is 64.4 Å². The van der Waals surface area contributed by atoms with Gasteiger partial charge in [-0.25, -0.2) is 0 Å². The molecule has 0 saturated carbocycles. The predicted octanol–water partition coefficient (Wildman–Crippen LogP) is 8.80. The van der Waals surface area contributed by atoms with E-state index in [2.05, 4.69) is 10.6 Å². The molecule has 1 aliphatic rings. The van der Waals surface area contributed by atoms with Gasteiger partial charge < -0.3 is 15.4 Å². The van der Waals surface area contributed by atoms with E-state index in [9.17, 15) is 14.4 Å². The molecular weight excluding hydrogens is 639 g/mol. The second kappa shape index (κ2) is 15.1. The minimum absolute atomic E-state index is 0.0162. The summed E-state index contributed by atoms with van der Waals surface area (Å²) < 4.78 is 5.24. The summed E-state index contributed by atoms with van der Waals surface area (Å²) in [7, 11) is 1.58. The first-order valence-corrected chi connectivity index (χ1v) is 17.1. The molecule has 0 aliphatic carbocycles. The van der Waals surface area contributed by atoms with Crippen molar-refractivity contribution in [3.8, 4) is 5.75 Å². The number of fused-ring (bicyclic) bond motifs is 2. The number of hydrogen-bond acceptors (Lipinski definition) is 6. The van der Waals surface area contributed by atoms with E-state index in [1.807, 2.05) is 78.6 Å². The molecule has 5 aromatic carbocycles. The van der Waals surface area contributed by atoms with E-state index in [4.69, 9.17) is 4.74 Å². The van der Waals surface area contributed by atoms with Crippen LogP contribution in [0.1, 0.15) is 29.3 Å². The third-order valence-electron chi connectivity index (χ3n) is 7.64. The molecule has 0 bridgehead atoms. The van der Waals surface area contributed by atoms with E-state index >= 15 is 0 Å². The highest BCUT2D eigenvalue weighted by Gasteiger charge is 2.32. The summed E-state index contributed by atoms with van der Waals surface area (Å²) in [6.07, 6.45) is 2.25. The molecule has 1 aliphatic heterocycles. The zero-order valence-electron chi connectivity index (χ0n) is 26.4. The van der Waals surface area contributed by atoms with Crippen molar-refractivity contribution in [3.63, 3.8) is 0 Å². The molecule has 1 heterocycles. The van der Waals surface area contributed by atoms with Crippen LogP contribution in [-0.4, -0.2) is 30.1 Å². The third kappa shape index (κ3) is 7.48. The quantitative estimate of drug-likeness (QED) is 0.114. The highest BCUT2D eigenvalue weighted by Crippen LogP contribution is 2.48. The van der Waals surface area contributed by atoms with Gasteiger partial charge in [0.2, 0.25) is 5.91 Å². The summed E-state index contributed by atoms with van der Waals surface area (Å²) in [5.74, 6) is -0.175. The SMILES string of the molecule is CCC(Sc1ccc(NC(=O)/C(=C/c2ccc(OC)cc2)NC(=O)c2ccccc2)cc1)C(=O)N1c2ccccc2Sc2ccccc21. The van der Waals surface area contributed by atoms with Crippen LogP contribution in [0.15, 0.2) is 148 Å². The van der Waals surface area contributed by atoms with E-state index < -0.39 is 11.8 Å². The molecule has 1 atom stereocenters. The fraction of sp³-hybridized carbons (Fsp3) is 0.103. The van der Waals surface area contributed by atoms with E-state index in [-0.39, 0.29) is 16.9 Å². The first kappa shape index (κ1) is 32.7. The smallest absolute Gasteiger partial charge is 0.272 e. The van der Waals surface area contributed by atoms with Crippen LogP contribution in [0.3, 0.4) is 0 Å². The second-order valence-corrected chi connectivity index (χ2v) is 13.2. The molecule has 0 fully saturated rings. The average molecular weight is 672 g/mol. The summed E-state index contributed by atoms with van der Waals surface area (Å²) in [6, 6.07) is 39.2. The number of hydrogen-bond donors (Lipinski definition) is 2. The van der Waals surface area contributed by atoms with Crippen LogP contribution >= 0.6 is 23.5 Å². The number of thioether (sulfide) groups is 1. The zero-order chi connectivity index (χ0) is 33.5. The topological polar surface area (TPSA) is 87.7 Å². The number of carbonyl (C=O) groups is 3. The van der Waals surface area contributed by atoms with Gasteiger partial charge in [-0.3, -0.25) is 19.3 Å². The molecule has 2 N–H and O–H groups in total. The third-order valence-corrected chi connectivity index (χ3v) is 10.1. The number of nitrogens with zero attached hydrogens (tertiary/aromatic N) is 1. The maximum Gasteiger partial charge on any atom is 0.272 e. The number of rotatable bonds is 10. The summed E-state index contributed by atoms with van der Waals surface area (Å²) in [4.78, 5) is 45.4. The van der Waals surface area contributed by atoms with Gasteiger partial charge in [-0.2, -0.15) is 0 Å². The summed E-state index contributed by atoms with van der Waals surface area (Å²) in [6.45, 7) is 2.01. The number of para-hydroxylation sites is 2. The lowest BCUT2D eigenvalue weighted by Gasteiger charge is -2.33. The van der Waals surface area contributed by atoms with E-state index in [1.54, 1.807) is 85.6 Å². The lowest BCUT2D eigenvalue weighted by Crippen LogP contribution is -2.35. The molecule has 0 spiro atoms. The Labute approximate surface area is 288 Å². The monoisotopic (exact) mass is 671 g/mol. The van der Waals surface area contributed by atoms with Gasteiger partial charge in [-0.05, 0) is 90.9 Å². The molecule has 0 aromatic heterocycles. The molecule has 1 unspecified atom stereocenters. The van der Waals surface area contributed by atoms with Gasteiger partial charge in [0.15, 0.2) is 0 Å². The summed E-state index contributed by atoms with van der Waals surface area (Å²) in [5.41, 5.74) is 3.57. The Morgan fingerprint density at radius 3 is 2.00 bits per heavy atom. The fourth-order valence-electron chi connectivity index (χ4n) is 5.18. The number of ether oxygens (including phenoxy) is 1. The first-order valence-electron chi connectivity index (χ1n) is 15.4. The standard InChI is InChI=1S/C39H33N3O4S2/c1-3-34(39(45)42-32-13-7-9-15-35(32)48-36-16-10-8-14-33(36)42)47-30-23-19-28(20-24-30)40-38(44)31(25-26-17-21-29(46-2)22-18-26)41-37(43)27-11-5-4-6-12-27/h4-25,34H,3H2,1-2H3,(H,40,44)(H,41,43)/b31-25-. The maximum absolute atomic E-state index is 14.1. The second-order valence-electron chi connectivity index (χ2n) is 10.9. The Bertz CT molecular complexity index is 1920. The van der Waals surface area contributed by atoms with Crippen molar-refractivity contribution in [1.29, 1.82) is 0 Å². The minimum atomic E-state index is -0.475. The van der Waals surface area contributed by atoms with Crippen molar-refractivity contribution < 1.29 is 19.1 Å². The van der Waals surface area contributed by atoms with Crippen LogP contribution in [0.25, 0.3) is 6.08 Å². The van der Waals surface area contributed by atoms with Gasteiger partial charge in [-0.1, -0.05) is 73.3 Å². The van der Waals surface area contributed by atoms with Gasteiger partial charge in [0.25, 0.3) is 11.8 Å². The Morgan fingerprint density at radius 2 is 1.40 bits per heavy atom. The fourth-order valence-corrected chi connectivity index (χ4v) is 7.24. The van der Waals surface area contributed by atoms with Crippen molar-refractivity contribution in [2.45, 2.75) is 33.3 Å². The molecule has 3 amide bonds. The van der Waals surface area contributed by atoms with E-state index in [1.165, 1.54) is 11.8 Å². The zero-order valence-corrected chi connectivity index (χ0v) is 28.0. The van der Waals surface area contributed by atoms with Crippen LogP contribution in [0.4, 0.5) is 17.1 Å². The Hall–Kier alpha value is -5.25. The molecule has 48 heavy (non-hydrogen) atoms. The highest BCUT2D eigenvalue weighted by molar-refractivity contribution is 8.00. The van der Waals surface area contributed by atoms with Gasteiger partial charge in [0.05, 0.1) is 23.7 Å². The average Bonchev–Trinajstić information content (AvgIpc) is 3.13. The number of methoxy groups -OCH3 is 1. The van der Waals surface area contributed by atoms with Crippen LogP contribution in [0, 0.1) is 0 Å². The molecular formula is C39H33N3O4S2. The first-order chi connectivity index (χ1) is 23.4. The van der Waals surface area contributed by atoms with Crippen molar-refractivity contribution in [2.75, 3.05) is 17.3 Å². The number of benzene rings is 5. The lowest BCUT2D eigenvalue weighted by atomic mass is 10.1. The van der Waals surface area contributed by atoms with Gasteiger partial charge in [0.1, 0.15) is 11.4 Å². The van der Waals surface area contributed by atoms with Crippen molar-refractivity contribution in [2.24, 2.45) is 0 Å². The minimum Gasteiger partial charge on any atom is -0.497 e. The summed E-state index contributed by atoms with van der Waals surface area (Å²) >= 11 is 3.17. The van der Waals surface area contributed by atoms with Crippen molar-refractivity contribution in [1.82, 2.24) is 5.32 Å². The number of amides is 3. The van der Waals surface area contributed by atoms with E-state index in [0.29, 0.717) is 29.0 Å². The highest BCUT2D eigenvalue weighted by atomic mass is 32.2. The van der Waals surface area contributed by atoms with Gasteiger partial charge >= 0.3 is 0 Å². The van der Waals surface area contributed by atoms with Crippen LogP contribution < -0.4 is 20.3 Å². The molecule has 7 nitrogen and oxygen atoms in total. The van der Waals surface area contributed by atoms with Crippen LogP contribution in [0.2, 0.25) is 0 Å². The molecule has 240 valence electrons. The lowest BCUT2D eigenvalue weighted by molar-refractivity contribution is -0.117. The predicted molar refractivity (Wildman–Crippen MR) is 194 cm³/mol. The molecule has 6 rings (SSSR count). The Balaban J connectivity index is 1.18.